The number of alkyl halides is 2. The lowest BCUT2D eigenvalue weighted by Crippen LogP contribution is -2.39. The number of nitrogens with zero attached hydrogens (tertiary/aromatic N) is 1. The van der Waals surface area contributed by atoms with Gasteiger partial charge in [-0.25, -0.2) is 0 Å². The standard InChI is InChI=1S/C25H38F2NOPS/c1-6-7-8-9-12-22(29-18-25(26,27)30)19(2)23-14-13-21(31-23)17-28-15-10-11-20(16-28)24(3,4)5/h8-9,12-14,20H,2,6-7,10-11,15-18,30H2,1,3-5H3/b9-8-,22-12+. The highest BCUT2D eigenvalue weighted by molar-refractivity contribution is 7.18. The van der Waals surface area contributed by atoms with Gasteiger partial charge in [0.2, 0.25) is 0 Å². The molecular weight excluding hydrogens is 431 g/mol. The topological polar surface area (TPSA) is 12.5 Å². The first-order valence-corrected chi connectivity index (χ1v) is 12.6. The van der Waals surface area contributed by atoms with Crippen LogP contribution >= 0.6 is 20.6 Å². The summed E-state index contributed by atoms with van der Waals surface area (Å²) in [6.45, 7) is 15.7. The lowest BCUT2D eigenvalue weighted by atomic mass is 9.76. The Labute approximate surface area is 193 Å². The van der Waals surface area contributed by atoms with Crippen molar-refractivity contribution >= 4 is 26.1 Å². The first-order valence-electron chi connectivity index (χ1n) is 11.2. The summed E-state index contributed by atoms with van der Waals surface area (Å²) in [7, 11) is 1.53. The number of piperidine rings is 1. The molecule has 1 fully saturated rings. The van der Waals surface area contributed by atoms with E-state index in [1.54, 1.807) is 17.4 Å². The molecule has 2 heterocycles. The van der Waals surface area contributed by atoms with Crippen molar-refractivity contribution in [1.82, 2.24) is 4.90 Å². The molecule has 1 aromatic heterocycles. The second kappa shape index (κ2) is 11.7. The van der Waals surface area contributed by atoms with Gasteiger partial charge in [0, 0.05) is 28.4 Å². The molecule has 174 valence electrons. The Balaban J connectivity index is 2.07. The second-order valence-corrected chi connectivity index (χ2v) is 11.5. The predicted molar refractivity (Wildman–Crippen MR) is 134 cm³/mol. The van der Waals surface area contributed by atoms with Crippen molar-refractivity contribution in [3.63, 3.8) is 0 Å². The van der Waals surface area contributed by atoms with Crippen LogP contribution in [0.25, 0.3) is 5.57 Å². The molecule has 1 aromatic rings. The number of hydrogen-bond acceptors (Lipinski definition) is 3. The summed E-state index contributed by atoms with van der Waals surface area (Å²) >= 11 is 1.67. The zero-order valence-corrected chi connectivity index (χ0v) is 21.4. The van der Waals surface area contributed by atoms with E-state index in [0.717, 1.165) is 37.4 Å². The number of ether oxygens (including phenoxy) is 1. The quantitative estimate of drug-likeness (QED) is 0.197. The smallest absolute Gasteiger partial charge is 0.291 e. The maximum atomic E-state index is 13.3. The van der Waals surface area contributed by atoms with Crippen LogP contribution in [0.3, 0.4) is 0 Å². The molecule has 0 aliphatic carbocycles. The van der Waals surface area contributed by atoms with E-state index < -0.39 is 12.3 Å². The van der Waals surface area contributed by atoms with Crippen molar-refractivity contribution in [3.8, 4) is 0 Å². The van der Waals surface area contributed by atoms with E-state index in [2.05, 4.69) is 45.2 Å². The fraction of sp³-hybridized carbons (Fsp3) is 0.600. The van der Waals surface area contributed by atoms with Crippen molar-refractivity contribution in [3.05, 3.63) is 52.5 Å². The number of unbranched alkanes of at least 4 members (excludes halogenated alkanes) is 1. The maximum absolute atomic E-state index is 13.3. The number of rotatable bonds is 10. The van der Waals surface area contributed by atoms with Crippen LogP contribution < -0.4 is 0 Å². The minimum Gasteiger partial charge on any atom is -0.486 e. The predicted octanol–water partition coefficient (Wildman–Crippen LogP) is 7.74. The molecule has 1 aliphatic rings. The number of allylic oxidation sites excluding steroid dienone is 4. The Morgan fingerprint density at radius 2 is 2.10 bits per heavy atom. The molecule has 0 saturated carbocycles. The number of halogens is 2. The highest BCUT2D eigenvalue weighted by atomic mass is 32.1. The van der Waals surface area contributed by atoms with Crippen LogP contribution in [0, 0.1) is 11.3 Å². The fourth-order valence-electron chi connectivity index (χ4n) is 3.70. The first kappa shape index (κ1) is 26.2. The summed E-state index contributed by atoms with van der Waals surface area (Å²) in [4.78, 5) is 4.76. The minimum absolute atomic E-state index is 0.329. The molecule has 2 atom stereocenters. The van der Waals surface area contributed by atoms with Crippen molar-refractivity contribution in [2.75, 3.05) is 19.7 Å². The van der Waals surface area contributed by atoms with Crippen LogP contribution in [-0.4, -0.2) is 30.3 Å². The molecule has 1 aliphatic heterocycles. The molecule has 2 nitrogen and oxygen atoms in total. The van der Waals surface area contributed by atoms with Gasteiger partial charge >= 0.3 is 0 Å². The zero-order valence-electron chi connectivity index (χ0n) is 19.4. The van der Waals surface area contributed by atoms with Crippen molar-refractivity contribution < 1.29 is 13.5 Å². The third-order valence-corrected chi connectivity index (χ3v) is 6.92. The van der Waals surface area contributed by atoms with E-state index in [0.29, 0.717) is 22.7 Å². The average Bonchev–Trinajstić information content (AvgIpc) is 3.14. The van der Waals surface area contributed by atoms with Crippen LogP contribution in [-0.2, 0) is 11.3 Å². The van der Waals surface area contributed by atoms with Gasteiger partial charge in [-0.3, -0.25) is 4.90 Å². The summed E-state index contributed by atoms with van der Waals surface area (Å²) in [6.07, 6.45) is 10.1. The Hall–Kier alpha value is -1.03. The molecule has 6 heteroatoms. The Morgan fingerprint density at radius 3 is 2.74 bits per heavy atom. The number of hydrogen-bond donors (Lipinski definition) is 0. The van der Waals surface area contributed by atoms with Crippen LogP contribution in [0.15, 0.2) is 42.7 Å². The van der Waals surface area contributed by atoms with E-state index in [-0.39, 0.29) is 0 Å². The molecule has 2 rings (SSSR count). The molecule has 2 unspecified atom stereocenters. The van der Waals surface area contributed by atoms with Gasteiger partial charge in [-0.1, -0.05) is 62.1 Å². The van der Waals surface area contributed by atoms with Crippen LogP contribution in [0.4, 0.5) is 8.78 Å². The van der Waals surface area contributed by atoms with Gasteiger partial charge in [0.1, 0.15) is 5.76 Å². The summed E-state index contributed by atoms with van der Waals surface area (Å²) in [5.74, 6) is 1.11. The largest absolute Gasteiger partial charge is 0.486 e. The third kappa shape index (κ3) is 9.16. The summed E-state index contributed by atoms with van der Waals surface area (Å²) in [5, 5.41) is 0. The summed E-state index contributed by atoms with van der Waals surface area (Å²) < 4.78 is 32.1. The summed E-state index contributed by atoms with van der Waals surface area (Å²) in [5.41, 5.74) is -1.99. The lowest BCUT2D eigenvalue weighted by Gasteiger charge is -2.39. The molecule has 0 N–H and O–H groups in total. The molecule has 0 spiro atoms. The molecule has 0 bridgehead atoms. The van der Waals surface area contributed by atoms with Gasteiger partial charge in [0.15, 0.2) is 6.61 Å². The van der Waals surface area contributed by atoms with Crippen molar-refractivity contribution in [2.45, 2.75) is 65.6 Å². The SMILES string of the molecule is C=C(/C(=C\C=C/CCC)OCC(F)(F)P)c1ccc(CN2CCCC(C(C)(C)C)C2)s1. The van der Waals surface area contributed by atoms with Gasteiger partial charge in [0.05, 0.1) is 0 Å². The van der Waals surface area contributed by atoms with Crippen molar-refractivity contribution in [2.24, 2.45) is 11.3 Å². The van der Waals surface area contributed by atoms with Gasteiger partial charge < -0.3 is 4.74 Å². The molecule has 0 radical (unpaired) electrons. The second-order valence-electron chi connectivity index (χ2n) is 9.48. The molecular formula is C25H38F2NOPS. The van der Waals surface area contributed by atoms with Crippen LogP contribution in [0.1, 0.15) is 63.1 Å². The minimum atomic E-state index is -2.97. The Kier molecular flexibility index (Phi) is 9.92. The van der Waals surface area contributed by atoms with E-state index in [1.165, 1.54) is 27.0 Å². The monoisotopic (exact) mass is 469 g/mol. The van der Waals surface area contributed by atoms with E-state index in [1.807, 2.05) is 18.2 Å². The van der Waals surface area contributed by atoms with Crippen LogP contribution in [0.2, 0.25) is 0 Å². The molecule has 0 amide bonds. The number of likely N-dealkylation sites (tertiary alicyclic amines) is 1. The van der Waals surface area contributed by atoms with Crippen LogP contribution in [0.5, 0.6) is 0 Å². The van der Waals surface area contributed by atoms with E-state index >= 15 is 0 Å². The Morgan fingerprint density at radius 1 is 1.35 bits per heavy atom. The highest BCUT2D eigenvalue weighted by Crippen LogP contribution is 2.35. The summed E-state index contributed by atoms with van der Waals surface area (Å²) in [6, 6.07) is 4.15. The van der Waals surface area contributed by atoms with Gasteiger partial charge in [-0.2, -0.15) is 8.78 Å². The molecule has 0 aromatic carbocycles. The fourth-order valence-corrected chi connectivity index (χ4v) is 4.81. The molecule has 1 saturated heterocycles. The zero-order chi connectivity index (χ0) is 23.1. The van der Waals surface area contributed by atoms with E-state index in [9.17, 15) is 8.78 Å². The molecule has 31 heavy (non-hydrogen) atoms. The van der Waals surface area contributed by atoms with E-state index in [4.69, 9.17) is 4.74 Å². The van der Waals surface area contributed by atoms with Gasteiger partial charge in [-0.05, 0) is 55.3 Å². The normalized spacial score (nSPS) is 19.2. The average molecular weight is 470 g/mol. The first-order chi connectivity index (χ1) is 14.5. The highest BCUT2D eigenvalue weighted by Gasteiger charge is 2.29. The van der Waals surface area contributed by atoms with Gasteiger partial charge in [-0.15, -0.1) is 11.3 Å². The third-order valence-electron chi connectivity index (χ3n) is 5.63. The Bertz CT molecular complexity index is 773. The van der Waals surface area contributed by atoms with Gasteiger partial charge in [0.25, 0.3) is 5.66 Å². The maximum Gasteiger partial charge on any atom is 0.291 e. The number of thiophene rings is 1. The van der Waals surface area contributed by atoms with Crippen molar-refractivity contribution in [1.29, 1.82) is 0 Å². The lowest BCUT2D eigenvalue weighted by molar-refractivity contribution is 0.0219.